The Morgan fingerprint density at radius 1 is 1.07 bits per heavy atom. The number of nitrogens with zero attached hydrogens (tertiary/aromatic N) is 1. The fourth-order valence-electron chi connectivity index (χ4n) is 3.57. The molecule has 7 heteroatoms. The van der Waals surface area contributed by atoms with E-state index >= 15 is 0 Å². The molecule has 0 saturated carbocycles. The summed E-state index contributed by atoms with van der Waals surface area (Å²) in [7, 11) is -3.71. The molecule has 0 radical (unpaired) electrons. The van der Waals surface area contributed by atoms with Crippen molar-refractivity contribution in [1.82, 2.24) is 4.90 Å². The number of fused-ring (bicyclic) bond motifs is 1. The van der Waals surface area contributed by atoms with Crippen molar-refractivity contribution in [3.05, 3.63) is 81.5 Å². The monoisotopic (exact) mass is 426 g/mol. The van der Waals surface area contributed by atoms with E-state index in [0.717, 1.165) is 12.0 Å². The number of hydrogen-bond acceptors (Lipinski definition) is 4. The van der Waals surface area contributed by atoms with Gasteiger partial charge in [0.15, 0.2) is 0 Å². The van der Waals surface area contributed by atoms with E-state index in [1.807, 2.05) is 30.9 Å². The lowest BCUT2D eigenvalue weighted by Gasteiger charge is -2.33. The summed E-state index contributed by atoms with van der Waals surface area (Å²) in [5.41, 5.74) is 3.25. The van der Waals surface area contributed by atoms with Crippen LogP contribution in [-0.4, -0.2) is 25.8 Å². The van der Waals surface area contributed by atoms with E-state index in [-0.39, 0.29) is 16.8 Å². The minimum Gasteiger partial charge on any atom is -0.331 e. The second-order valence-electron chi connectivity index (χ2n) is 7.22. The highest BCUT2D eigenvalue weighted by Crippen LogP contribution is 2.33. The number of sulfonamides is 1. The van der Waals surface area contributed by atoms with Crippen LogP contribution in [0.3, 0.4) is 0 Å². The molecule has 3 aromatic rings. The van der Waals surface area contributed by atoms with Gasteiger partial charge in [0.25, 0.3) is 15.9 Å². The van der Waals surface area contributed by atoms with Gasteiger partial charge < -0.3 is 4.90 Å². The molecule has 1 aliphatic rings. The van der Waals surface area contributed by atoms with E-state index in [2.05, 4.69) is 16.2 Å². The minimum atomic E-state index is -3.71. The van der Waals surface area contributed by atoms with Crippen molar-refractivity contribution in [3.63, 3.8) is 0 Å². The molecule has 1 aliphatic heterocycles. The molecule has 1 unspecified atom stereocenters. The predicted molar refractivity (Wildman–Crippen MR) is 116 cm³/mol. The van der Waals surface area contributed by atoms with Crippen LogP contribution in [0.1, 0.15) is 39.3 Å². The highest BCUT2D eigenvalue weighted by atomic mass is 32.2. The zero-order valence-corrected chi connectivity index (χ0v) is 17.9. The van der Waals surface area contributed by atoms with Crippen molar-refractivity contribution in [3.8, 4) is 0 Å². The van der Waals surface area contributed by atoms with Crippen molar-refractivity contribution in [1.29, 1.82) is 0 Å². The summed E-state index contributed by atoms with van der Waals surface area (Å²) < 4.78 is 27.8. The first-order valence-electron chi connectivity index (χ1n) is 9.42. The second kappa shape index (κ2) is 7.65. The molecule has 1 amide bonds. The van der Waals surface area contributed by atoms with Crippen LogP contribution in [0.15, 0.2) is 64.9 Å². The summed E-state index contributed by atoms with van der Waals surface area (Å²) in [5, 5.41) is 2.07. The van der Waals surface area contributed by atoms with Crippen LogP contribution in [0.5, 0.6) is 0 Å². The number of hydrogen-bond donors (Lipinski definition) is 1. The lowest BCUT2D eigenvalue weighted by atomic mass is 10.0. The molecule has 0 fully saturated rings. The molecule has 2 heterocycles. The molecule has 1 aromatic heterocycles. The van der Waals surface area contributed by atoms with Crippen LogP contribution in [0.2, 0.25) is 0 Å². The number of carbonyl (C=O) groups excluding carboxylic acids is 1. The van der Waals surface area contributed by atoms with Gasteiger partial charge in [-0.05, 0) is 73.7 Å². The van der Waals surface area contributed by atoms with Gasteiger partial charge >= 0.3 is 0 Å². The lowest BCUT2D eigenvalue weighted by Crippen LogP contribution is -2.38. The van der Waals surface area contributed by atoms with Gasteiger partial charge in [-0.1, -0.05) is 17.7 Å². The largest absolute Gasteiger partial charge is 0.331 e. The Balaban J connectivity index is 1.51. The van der Waals surface area contributed by atoms with Crippen molar-refractivity contribution in [2.45, 2.75) is 31.2 Å². The Morgan fingerprint density at radius 3 is 2.45 bits per heavy atom. The summed E-state index contributed by atoms with van der Waals surface area (Å²) in [5.74, 6) is -0.0789. The van der Waals surface area contributed by atoms with E-state index in [1.165, 1.54) is 22.6 Å². The number of thiophene rings is 1. The van der Waals surface area contributed by atoms with Gasteiger partial charge in [0.2, 0.25) is 0 Å². The van der Waals surface area contributed by atoms with Crippen LogP contribution < -0.4 is 4.72 Å². The van der Waals surface area contributed by atoms with Crippen molar-refractivity contribution in [2.24, 2.45) is 0 Å². The van der Waals surface area contributed by atoms with Gasteiger partial charge in [-0.25, -0.2) is 8.42 Å². The van der Waals surface area contributed by atoms with Gasteiger partial charge in [0, 0.05) is 22.7 Å². The number of nitrogens with one attached hydrogen (secondary N) is 1. The Kier molecular flexibility index (Phi) is 5.19. The first-order valence-corrected chi connectivity index (χ1v) is 11.8. The predicted octanol–water partition coefficient (Wildman–Crippen LogP) is 4.62. The highest BCUT2D eigenvalue weighted by Gasteiger charge is 2.29. The smallest absolute Gasteiger partial charge is 0.261 e. The van der Waals surface area contributed by atoms with Crippen LogP contribution in [-0.2, 0) is 16.4 Å². The number of benzene rings is 2. The number of aryl methyl sites for hydroxylation is 1. The zero-order valence-electron chi connectivity index (χ0n) is 16.3. The fourth-order valence-corrected chi connectivity index (χ4v) is 5.59. The molecule has 0 aliphatic carbocycles. The third kappa shape index (κ3) is 3.93. The molecule has 0 spiro atoms. The van der Waals surface area contributed by atoms with Crippen molar-refractivity contribution < 1.29 is 13.2 Å². The molecule has 4 rings (SSSR count). The van der Waals surface area contributed by atoms with Crippen LogP contribution in [0.25, 0.3) is 0 Å². The molecule has 0 bridgehead atoms. The third-order valence-electron chi connectivity index (χ3n) is 5.25. The molecule has 1 N–H and O–H groups in total. The molecule has 29 heavy (non-hydrogen) atoms. The van der Waals surface area contributed by atoms with Crippen LogP contribution in [0, 0.1) is 6.92 Å². The number of amides is 1. The summed E-state index contributed by atoms with van der Waals surface area (Å²) in [6.45, 7) is 4.64. The lowest BCUT2D eigenvalue weighted by molar-refractivity contribution is 0.0679. The quantitative estimate of drug-likeness (QED) is 0.662. The fraction of sp³-hybridized carbons (Fsp3) is 0.227. The van der Waals surface area contributed by atoms with Gasteiger partial charge in [-0.2, -0.15) is 0 Å². The van der Waals surface area contributed by atoms with Gasteiger partial charge in [-0.3, -0.25) is 9.52 Å². The molecule has 0 saturated heterocycles. The minimum absolute atomic E-state index is 0.0177. The maximum absolute atomic E-state index is 13.0. The SMILES string of the molecule is Cc1ccc(NS(=O)(=O)c2ccc(C(=O)N3CCc4sccc4C3C)cc2)cc1. The molecule has 150 valence electrons. The van der Waals surface area contributed by atoms with E-state index < -0.39 is 10.0 Å². The maximum Gasteiger partial charge on any atom is 0.261 e. The molecule has 2 aromatic carbocycles. The molecule has 5 nitrogen and oxygen atoms in total. The Labute approximate surface area is 175 Å². The average molecular weight is 427 g/mol. The first kappa shape index (κ1) is 19.7. The van der Waals surface area contributed by atoms with Gasteiger partial charge in [-0.15, -0.1) is 11.3 Å². The van der Waals surface area contributed by atoms with E-state index in [1.54, 1.807) is 35.6 Å². The summed E-state index contributed by atoms with van der Waals surface area (Å²) >= 11 is 1.73. The Hall–Kier alpha value is -2.64. The molecule has 1 atom stereocenters. The normalized spacial score (nSPS) is 16.3. The van der Waals surface area contributed by atoms with Crippen LogP contribution in [0.4, 0.5) is 5.69 Å². The highest BCUT2D eigenvalue weighted by molar-refractivity contribution is 7.92. The van der Waals surface area contributed by atoms with Crippen LogP contribution >= 0.6 is 11.3 Å². The molecular formula is C22H22N2O3S2. The Morgan fingerprint density at radius 2 is 1.76 bits per heavy atom. The topological polar surface area (TPSA) is 66.5 Å². The van der Waals surface area contributed by atoms with E-state index in [4.69, 9.17) is 0 Å². The summed E-state index contributed by atoms with van der Waals surface area (Å²) in [6.07, 6.45) is 0.857. The Bertz CT molecular complexity index is 1130. The van der Waals surface area contributed by atoms with Crippen molar-refractivity contribution in [2.75, 3.05) is 11.3 Å². The third-order valence-corrected chi connectivity index (χ3v) is 7.65. The van der Waals surface area contributed by atoms with Gasteiger partial charge in [0.1, 0.15) is 0 Å². The van der Waals surface area contributed by atoms with Crippen molar-refractivity contribution >= 4 is 33.0 Å². The summed E-state index contributed by atoms with van der Waals surface area (Å²) in [4.78, 5) is 16.3. The maximum atomic E-state index is 13.0. The van der Waals surface area contributed by atoms with E-state index in [9.17, 15) is 13.2 Å². The summed E-state index contributed by atoms with van der Waals surface area (Å²) in [6, 6.07) is 15.4. The van der Waals surface area contributed by atoms with E-state index in [0.29, 0.717) is 17.8 Å². The number of anilines is 1. The van der Waals surface area contributed by atoms with Gasteiger partial charge in [0.05, 0.1) is 10.9 Å². The zero-order chi connectivity index (χ0) is 20.6. The number of rotatable bonds is 4. The number of carbonyl (C=O) groups is 1. The average Bonchev–Trinajstić information content (AvgIpc) is 3.19. The second-order valence-corrected chi connectivity index (χ2v) is 9.90. The standard InChI is InChI=1S/C22H22N2O3S2/c1-15-3-7-18(8-4-15)23-29(26,27)19-9-5-17(6-10-19)22(25)24-13-11-21-20(16(24)2)12-14-28-21/h3-10,12,14,16,23H,11,13H2,1-2H3. The molecular weight excluding hydrogens is 404 g/mol. The first-order chi connectivity index (χ1) is 13.8.